The summed E-state index contributed by atoms with van der Waals surface area (Å²) in [5.41, 5.74) is 0.205. The van der Waals surface area contributed by atoms with Crippen LogP contribution in [0.3, 0.4) is 0 Å². The second-order valence-corrected chi connectivity index (χ2v) is 4.34. The van der Waals surface area contributed by atoms with E-state index in [4.69, 9.17) is 4.74 Å². The van der Waals surface area contributed by atoms with Crippen LogP contribution < -0.4 is 5.32 Å². The summed E-state index contributed by atoms with van der Waals surface area (Å²) in [6, 6.07) is 0.647. The van der Waals surface area contributed by atoms with Gasteiger partial charge < -0.3 is 10.1 Å². The van der Waals surface area contributed by atoms with Gasteiger partial charge in [-0.25, -0.2) is 0 Å². The maximum atomic E-state index is 5.60. The van der Waals surface area contributed by atoms with Crippen molar-refractivity contribution in [3.05, 3.63) is 0 Å². The van der Waals surface area contributed by atoms with E-state index >= 15 is 0 Å². The summed E-state index contributed by atoms with van der Waals surface area (Å²) in [5, 5.41) is 3.72. The van der Waals surface area contributed by atoms with Crippen LogP contribution >= 0.6 is 0 Å². The van der Waals surface area contributed by atoms with E-state index in [1.54, 1.807) is 0 Å². The zero-order valence-electron chi connectivity index (χ0n) is 9.39. The largest absolute Gasteiger partial charge is 0.377 e. The molecule has 2 atom stereocenters. The fourth-order valence-electron chi connectivity index (χ4n) is 1.98. The lowest BCUT2D eigenvalue weighted by atomic mass is 9.92. The Morgan fingerprint density at radius 1 is 1.46 bits per heavy atom. The molecule has 0 spiro atoms. The molecule has 1 aliphatic rings. The van der Waals surface area contributed by atoms with Crippen LogP contribution in [0.2, 0.25) is 0 Å². The molecule has 0 amide bonds. The third kappa shape index (κ3) is 2.44. The van der Waals surface area contributed by atoms with Gasteiger partial charge in [-0.3, -0.25) is 0 Å². The minimum atomic E-state index is 0.205. The van der Waals surface area contributed by atoms with Crippen molar-refractivity contribution >= 4 is 0 Å². The summed E-state index contributed by atoms with van der Waals surface area (Å²) < 4.78 is 5.60. The molecule has 1 heterocycles. The Bertz CT molecular complexity index is 156. The van der Waals surface area contributed by atoms with Gasteiger partial charge in [0.1, 0.15) is 0 Å². The Morgan fingerprint density at radius 3 is 2.46 bits per heavy atom. The molecule has 1 N–H and O–H groups in total. The Labute approximate surface area is 82.0 Å². The number of hydrogen-bond acceptors (Lipinski definition) is 2. The zero-order chi connectivity index (χ0) is 9.90. The Kier molecular flexibility index (Phi) is 3.74. The third-order valence-electron chi connectivity index (χ3n) is 3.41. The van der Waals surface area contributed by atoms with Gasteiger partial charge in [-0.1, -0.05) is 13.8 Å². The second kappa shape index (κ2) is 4.43. The summed E-state index contributed by atoms with van der Waals surface area (Å²) >= 11 is 0. The van der Waals surface area contributed by atoms with Gasteiger partial charge in [0, 0.05) is 18.2 Å². The van der Waals surface area contributed by atoms with Crippen molar-refractivity contribution in [3.8, 4) is 0 Å². The maximum Gasteiger partial charge on any atom is 0.0726 e. The van der Waals surface area contributed by atoms with E-state index in [0.717, 1.165) is 13.0 Å². The normalized spacial score (nSPS) is 34.4. The van der Waals surface area contributed by atoms with Crippen LogP contribution in [-0.2, 0) is 4.74 Å². The number of ether oxygens (including phenoxy) is 1. The van der Waals surface area contributed by atoms with E-state index in [-0.39, 0.29) is 5.54 Å². The number of hydrogen-bond donors (Lipinski definition) is 1. The van der Waals surface area contributed by atoms with E-state index < -0.39 is 0 Å². The van der Waals surface area contributed by atoms with Gasteiger partial charge in [0.2, 0.25) is 0 Å². The van der Waals surface area contributed by atoms with Gasteiger partial charge in [-0.05, 0) is 33.1 Å². The molecule has 13 heavy (non-hydrogen) atoms. The molecule has 0 saturated carbocycles. The molecule has 1 rings (SSSR count). The quantitative estimate of drug-likeness (QED) is 0.726. The smallest absolute Gasteiger partial charge is 0.0726 e. The molecule has 0 radical (unpaired) electrons. The first kappa shape index (κ1) is 11.0. The summed E-state index contributed by atoms with van der Waals surface area (Å²) in [6.45, 7) is 9.84. The van der Waals surface area contributed by atoms with Crippen LogP contribution in [0.25, 0.3) is 0 Å². The first-order valence-corrected chi connectivity index (χ1v) is 5.51. The predicted octanol–water partition coefficient (Wildman–Crippen LogP) is 2.33. The minimum Gasteiger partial charge on any atom is -0.377 e. The monoisotopic (exact) mass is 185 g/mol. The average Bonchev–Trinajstić information content (AvgIpc) is 2.44. The van der Waals surface area contributed by atoms with Crippen molar-refractivity contribution in [1.82, 2.24) is 5.32 Å². The van der Waals surface area contributed by atoms with Gasteiger partial charge in [-0.2, -0.15) is 0 Å². The third-order valence-corrected chi connectivity index (χ3v) is 3.41. The van der Waals surface area contributed by atoms with Crippen molar-refractivity contribution in [2.75, 3.05) is 6.61 Å². The molecule has 1 aliphatic heterocycles. The summed E-state index contributed by atoms with van der Waals surface area (Å²) in [4.78, 5) is 0. The van der Waals surface area contributed by atoms with E-state index in [2.05, 4.69) is 33.0 Å². The van der Waals surface area contributed by atoms with Crippen molar-refractivity contribution in [1.29, 1.82) is 0 Å². The molecular weight excluding hydrogens is 162 g/mol. The van der Waals surface area contributed by atoms with Crippen molar-refractivity contribution < 1.29 is 4.74 Å². The zero-order valence-corrected chi connectivity index (χ0v) is 9.39. The molecule has 2 unspecified atom stereocenters. The van der Waals surface area contributed by atoms with Gasteiger partial charge in [0.25, 0.3) is 0 Å². The maximum absolute atomic E-state index is 5.60. The molecule has 2 nitrogen and oxygen atoms in total. The first-order chi connectivity index (χ1) is 6.12. The highest BCUT2D eigenvalue weighted by atomic mass is 16.5. The molecule has 0 aromatic carbocycles. The Hall–Kier alpha value is -0.0800. The molecular formula is C11H23NO. The van der Waals surface area contributed by atoms with Crippen molar-refractivity contribution in [2.45, 2.75) is 64.6 Å². The van der Waals surface area contributed by atoms with Crippen LogP contribution in [0.5, 0.6) is 0 Å². The fraction of sp³-hybridized carbons (Fsp3) is 1.00. The highest BCUT2D eigenvalue weighted by Crippen LogP contribution is 2.26. The molecule has 1 saturated heterocycles. The SMILES string of the molecule is CCC(CC)NC1(C)CCOC1C. The Morgan fingerprint density at radius 2 is 2.08 bits per heavy atom. The fourth-order valence-corrected chi connectivity index (χ4v) is 1.98. The lowest BCUT2D eigenvalue weighted by Gasteiger charge is -2.33. The van der Waals surface area contributed by atoms with E-state index in [1.807, 2.05) is 0 Å². The van der Waals surface area contributed by atoms with Gasteiger partial charge >= 0.3 is 0 Å². The van der Waals surface area contributed by atoms with E-state index in [9.17, 15) is 0 Å². The number of nitrogens with one attached hydrogen (secondary N) is 1. The standard InChI is InChI=1S/C11H23NO/c1-5-10(6-2)12-11(4)7-8-13-9(11)3/h9-10,12H,5-8H2,1-4H3. The predicted molar refractivity (Wildman–Crippen MR) is 55.9 cm³/mol. The second-order valence-electron chi connectivity index (χ2n) is 4.34. The average molecular weight is 185 g/mol. The molecule has 1 fully saturated rings. The Balaban J connectivity index is 2.49. The lowest BCUT2D eigenvalue weighted by Crippen LogP contribution is -2.52. The minimum absolute atomic E-state index is 0.205. The summed E-state index contributed by atoms with van der Waals surface area (Å²) in [5.74, 6) is 0. The van der Waals surface area contributed by atoms with E-state index in [0.29, 0.717) is 12.1 Å². The molecule has 0 aliphatic carbocycles. The van der Waals surface area contributed by atoms with Crippen LogP contribution in [0.1, 0.15) is 47.0 Å². The van der Waals surface area contributed by atoms with Crippen molar-refractivity contribution in [2.24, 2.45) is 0 Å². The highest BCUT2D eigenvalue weighted by Gasteiger charge is 2.37. The molecule has 0 aromatic rings. The lowest BCUT2D eigenvalue weighted by molar-refractivity contribution is 0.0836. The molecule has 2 heteroatoms. The van der Waals surface area contributed by atoms with Gasteiger partial charge in [0.05, 0.1) is 6.10 Å². The molecule has 0 bridgehead atoms. The summed E-state index contributed by atoms with van der Waals surface area (Å²) in [6.07, 6.45) is 3.91. The van der Waals surface area contributed by atoms with Crippen LogP contribution in [0, 0.1) is 0 Å². The topological polar surface area (TPSA) is 21.3 Å². The van der Waals surface area contributed by atoms with Gasteiger partial charge in [0.15, 0.2) is 0 Å². The summed E-state index contributed by atoms with van der Waals surface area (Å²) in [7, 11) is 0. The van der Waals surface area contributed by atoms with Crippen LogP contribution in [0.15, 0.2) is 0 Å². The van der Waals surface area contributed by atoms with Crippen LogP contribution in [-0.4, -0.2) is 24.3 Å². The highest BCUT2D eigenvalue weighted by molar-refractivity contribution is 4.95. The van der Waals surface area contributed by atoms with Gasteiger partial charge in [-0.15, -0.1) is 0 Å². The number of rotatable bonds is 4. The van der Waals surface area contributed by atoms with Crippen molar-refractivity contribution in [3.63, 3.8) is 0 Å². The molecule has 78 valence electrons. The molecule has 0 aromatic heterocycles. The first-order valence-electron chi connectivity index (χ1n) is 5.51. The van der Waals surface area contributed by atoms with Crippen LogP contribution in [0.4, 0.5) is 0 Å². The van der Waals surface area contributed by atoms with E-state index in [1.165, 1.54) is 12.8 Å².